The predicted molar refractivity (Wildman–Crippen MR) is 83.3 cm³/mol. The summed E-state index contributed by atoms with van der Waals surface area (Å²) in [6.45, 7) is 4.08. The standard InChI is InChI=1S/C17H17N3O/c1-11-4-6-13(7-5-11)17-16(12(2)19-20-17)14-8-9-18-15(10-14)21-3/h4-10H,1-3H3,(H,19,20). The van der Waals surface area contributed by atoms with E-state index in [0.717, 1.165) is 28.1 Å². The summed E-state index contributed by atoms with van der Waals surface area (Å²) in [5.41, 5.74) is 6.46. The van der Waals surface area contributed by atoms with E-state index >= 15 is 0 Å². The summed E-state index contributed by atoms with van der Waals surface area (Å²) in [7, 11) is 1.62. The second-order valence-electron chi connectivity index (χ2n) is 5.01. The van der Waals surface area contributed by atoms with Crippen LogP contribution in [-0.4, -0.2) is 22.3 Å². The molecule has 1 aromatic carbocycles. The number of pyridine rings is 1. The quantitative estimate of drug-likeness (QED) is 0.794. The summed E-state index contributed by atoms with van der Waals surface area (Å²) in [6.07, 6.45) is 1.75. The maximum atomic E-state index is 5.21. The lowest BCUT2D eigenvalue weighted by atomic mass is 9.99. The molecule has 3 rings (SSSR count). The van der Waals surface area contributed by atoms with Gasteiger partial charge in [0.15, 0.2) is 0 Å². The van der Waals surface area contributed by atoms with Crippen LogP contribution in [-0.2, 0) is 0 Å². The van der Waals surface area contributed by atoms with Crippen molar-refractivity contribution in [1.29, 1.82) is 0 Å². The van der Waals surface area contributed by atoms with E-state index in [0.29, 0.717) is 5.88 Å². The summed E-state index contributed by atoms with van der Waals surface area (Å²) in [5, 5.41) is 7.50. The Bertz CT molecular complexity index is 760. The van der Waals surface area contributed by atoms with Crippen LogP contribution >= 0.6 is 0 Å². The largest absolute Gasteiger partial charge is 0.481 e. The number of nitrogens with one attached hydrogen (secondary N) is 1. The number of hydrogen-bond acceptors (Lipinski definition) is 3. The molecular formula is C17H17N3O. The monoisotopic (exact) mass is 279 g/mol. The highest BCUT2D eigenvalue weighted by Gasteiger charge is 2.14. The van der Waals surface area contributed by atoms with Crippen molar-refractivity contribution in [3.05, 3.63) is 53.9 Å². The van der Waals surface area contributed by atoms with Gasteiger partial charge >= 0.3 is 0 Å². The van der Waals surface area contributed by atoms with Crippen molar-refractivity contribution in [2.45, 2.75) is 13.8 Å². The zero-order valence-electron chi connectivity index (χ0n) is 12.3. The molecule has 0 amide bonds. The molecule has 4 nitrogen and oxygen atoms in total. The Hall–Kier alpha value is -2.62. The van der Waals surface area contributed by atoms with Gasteiger partial charge in [-0.25, -0.2) is 4.98 Å². The highest BCUT2D eigenvalue weighted by molar-refractivity contribution is 5.82. The van der Waals surface area contributed by atoms with Crippen LogP contribution in [0.2, 0.25) is 0 Å². The molecule has 106 valence electrons. The van der Waals surface area contributed by atoms with Gasteiger partial charge in [-0.1, -0.05) is 29.8 Å². The minimum absolute atomic E-state index is 0.600. The molecule has 0 spiro atoms. The number of benzene rings is 1. The van der Waals surface area contributed by atoms with E-state index in [1.807, 2.05) is 19.1 Å². The molecule has 0 aliphatic heterocycles. The van der Waals surface area contributed by atoms with Gasteiger partial charge in [0.25, 0.3) is 0 Å². The fourth-order valence-corrected chi connectivity index (χ4v) is 2.39. The highest BCUT2D eigenvalue weighted by atomic mass is 16.5. The molecule has 0 radical (unpaired) electrons. The van der Waals surface area contributed by atoms with Crippen LogP contribution in [0.5, 0.6) is 5.88 Å². The molecule has 0 bridgehead atoms. The van der Waals surface area contributed by atoms with E-state index in [4.69, 9.17) is 4.74 Å². The molecule has 2 heterocycles. The molecule has 2 aromatic heterocycles. The number of aromatic amines is 1. The van der Waals surface area contributed by atoms with Crippen LogP contribution in [0.4, 0.5) is 0 Å². The maximum absolute atomic E-state index is 5.21. The summed E-state index contributed by atoms with van der Waals surface area (Å²) >= 11 is 0. The number of aryl methyl sites for hydroxylation is 2. The van der Waals surface area contributed by atoms with Crippen molar-refractivity contribution in [2.75, 3.05) is 7.11 Å². The Morgan fingerprint density at radius 3 is 2.48 bits per heavy atom. The van der Waals surface area contributed by atoms with Gasteiger partial charge in [0, 0.05) is 23.4 Å². The molecule has 0 aliphatic rings. The molecule has 0 saturated carbocycles. The average molecular weight is 279 g/mol. The summed E-state index contributed by atoms with van der Waals surface area (Å²) in [5.74, 6) is 0.600. The first-order chi connectivity index (χ1) is 10.2. The molecule has 0 unspecified atom stereocenters. The van der Waals surface area contributed by atoms with Crippen LogP contribution in [0.25, 0.3) is 22.4 Å². The lowest BCUT2D eigenvalue weighted by Gasteiger charge is -2.07. The molecule has 0 saturated heterocycles. The molecule has 0 fully saturated rings. The van der Waals surface area contributed by atoms with Gasteiger partial charge in [-0.2, -0.15) is 5.10 Å². The first-order valence-corrected chi connectivity index (χ1v) is 6.81. The van der Waals surface area contributed by atoms with Gasteiger partial charge in [0.1, 0.15) is 0 Å². The number of rotatable bonds is 3. The van der Waals surface area contributed by atoms with Crippen LogP contribution in [0.1, 0.15) is 11.3 Å². The Labute approximate surface area is 123 Å². The van der Waals surface area contributed by atoms with Gasteiger partial charge in [0.2, 0.25) is 5.88 Å². The average Bonchev–Trinajstić information content (AvgIpc) is 2.90. The molecule has 0 atom stereocenters. The number of hydrogen-bond donors (Lipinski definition) is 1. The van der Waals surface area contributed by atoms with Gasteiger partial charge in [-0.15, -0.1) is 0 Å². The minimum atomic E-state index is 0.600. The zero-order chi connectivity index (χ0) is 14.8. The SMILES string of the molecule is COc1cc(-c2c(C)n[nH]c2-c2ccc(C)cc2)ccn1. The third kappa shape index (κ3) is 2.52. The second kappa shape index (κ2) is 5.40. The normalized spacial score (nSPS) is 10.6. The summed E-state index contributed by atoms with van der Waals surface area (Å²) in [6, 6.07) is 12.3. The van der Waals surface area contributed by atoms with Gasteiger partial charge < -0.3 is 4.74 Å². The molecule has 0 aliphatic carbocycles. The fraction of sp³-hybridized carbons (Fsp3) is 0.176. The number of ether oxygens (including phenoxy) is 1. The number of methoxy groups -OCH3 is 1. The molecule has 4 heteroatoms. The van der Waals surface area contributed by atoms with Crippen molar-refractivity contribution in [1.82, 2.24) is 15.2 Å². The molecule has 21 heavy (non-hydrogen) atoms. The number of H-pyrrole nitrogens is 1. The Morgan fingerprint density at radius 2 is 1.76 bits per heavy atom. The van der Waals surface area contributed by atoms with Crippen molar-refractivity contribution < 1.29 is 4.74 Å². The summed E-state index contributed by atoms with van der Waals surface area (Å²) < 4.78 is 5.21. The fourth-order valence-electron chi connectivity index (χ4n) is 2.39. The smallest absolute Gasteiger partial charge is 0.213 e. The van der Waals surface area contributed by atoms with E-state index < -0.39 is 0 Å². The maximum Gasteiger partial charge on any atom is 0.213 e. The number of nitrogens with zero attached hydrogens (tertiary/aromatic N) is 2. The first kappa shape index (κ1) is 13.4. The highest BCUT2D eigenvalue weighted by Crippen LogP contribution is 2.33. The second-order valence-corrected chi connectivity index (χ2v) is 5.01. The lowest BCUT2D eigenvalue weighted by molar-refractivity contribution is 0.398. The van der Waals surface area contributed by atoms with Crippen LogP contribution in [0, 0.1) is 13.8 Å². The lowest BCUT2D eigenvalue weighted by Crippen LogP contribution is -1.89. The molecular weight excluding hydrogens is 262 g/mol. The predicted octanol–water partition coefficient (Wildman–Crippen LogP) is 3.76. The van der Waals surface area contributed by atoms with Crippen molar-refractivity contribution in [3.8, 4) is 28.3 Å². The zero-order valence-corrected chi connectivity index (χ0v) is 12.3. The van der Waals surface area contributed by atoms with Gasteiger partial charge in [0.05, 0.1) is 18.5 Å². The third-order valence-electron chi connectivity index (χ3n) is 3.52. The van der Waals surface area contributed by atoms with Crippen molar-refractivity contribution in [2.24, 2.45) is 0 Å². The van der Waals surface area contributed by atoms with Crippen LogP contribution in [0.3, 0.4) is 0 Å². The number of aromatic nitrogens is 3. The topological polar surface area (TPSA) is 50.8 Å². The Balaban J connectivity index is 2.14. The van der Waals surface area contributed by atoms with Gasteiger partial charge in [-0.3, -0.25) is 5.10 Å². The minimum Gasteiger partial charge on any atom is -0.481 e. The van der Waals surface area contributed by atoms with E-state index in [9.17, 15) is 0 Å². The summed E-state index contributed by atoms with van der Waals surface area (Å²) in [4.78, 5) is 4.16. The van der Waals surface area contributed by atoms with Crippen molar-refractivity contribution >= 4 is 0 Å². The van der Waals surface area contributed by atoms with Gasteiger partial charge in [-0.05, 0) is 25.5 Å². The van der Waals surface area contributed by atoms with E-state index in [1.165, 1.54) is 5.56 Å². The van der Waals surface area contributed by atoms with Crippen molar-refractivity contribution in [3.63, 3.8) is 0 Å². The van der Waals surface area contributed by atoms with E-state index in [1.54, 1.807) is 13.3 Å². The Kier molecular flexibility index (Phi) is 3.44. The molecule has 3 aromatic rings. The Morgan fingerprint density at radius 1 is 1.00 bits per heavy atom. The van der Waals surface area contributed by atoms with Crippen LogP contribution < -0.4 is 4.74 Å². The van der Waals surface area contributed by atoms with E-state index in [-0.39, 0.29) is 0 Å². The molecule has 1 N–H and O–H groups in total. The first-order valence-electron chi connectivity index (χ1n) is 6.81. The third-order valence-corrected chi connectivity index (χ3v) is 3.52. The van der Waals surface area contributed by atoms with Crippen LogP contribution in [0.15, 0.2) is 42.6 Å². The van der Waals surface area contributed by atoms with E-state index in [2.05, 4.69) is 46.4 Å².